The van der Waals surface area contributed by atoms with Gasteiger partial charge in [-0.05, 0) is 61.6 Å². The molecule has 228 valence electrons. The quantitative estimate of drug-likeness (QED) is 0.195. The summed E-state index contributed by atoms with van der Waals surface area (Å²) < 4.78 is 6.57. The van der Waals surface area contributed by atoms with Crippen LogP contribution in [0.1, 0.15) is 0 Å². The molecule has 0 saturated heterocycles. The first kappa shape index (κ1) is 27.5. The first-order valence-electron chi connectivity index (χ1n) is 16.4. The van der Waals surface area contributed by atoms with Gasteiger partial charge in [0.05, 0.1) is 0 Å². The molecule has 2 aromatic heterocycles. The van der Waals surface area contributed by atoms with Crippen molar-refractivity contribution in [3.8, 4) is 45.3 Å². The molecule has 0 atom stereocenters. The Kier molecular flexibility index (Phi) is 6.15. The standard InChI is InChI=1S/C45H27N3O/c1-2-12-31(13-3-1)43-46-44(32-21-18-29(19-22-32)34-23-20-28-10-4-5-14-33(28)26-34)48-45(47-43)38-27-40-42(37-17-9-8-16-36(37)38)41-35-15-7-6-11-30(35)24-25-39(41)49-40/h1-27H. The average molecular weight is 626 g/mol. The lowest BCUT2D eigenvalue weighted by Gasteiger charge is -2.11. The molecular formula is C45H27N3O. The van der Waals surface area contributed by atoms with E-state index in [2.05, 4.69) is 133 Å². The second-order valence-corrected chi connectivity index (χ2v) is 12.4. The van der Waals surface area contributed by atoms with Gasteiger partial charge >= 0.3 is 0 Å². The highest BCUT2D eigenvalue weighted by atomic mass is 16.3. The third-order valence-electron chi connectivity index (χ3n) is 9.50. The maximum absolute atomic E-state index is 6.57. The van der Waals surface area contributed by atoms with E-state index >= 15 is 0 Å². The average Bonchev–Trinajstić information content (AvgIpc) is 3.57. The zero-order chi connectivity index (χ0) is 32.3. The number of aromatic nitrogens is 3. The maximum Gasteiger partial charge on any atom is 0.164 e. The van der Waals surface area contributed by atoms with Crippen molar-refractivity contribution in [1.29, 1.82) is 0 Å². The molecule has 0 unspecified atom stereocenters. The number of furan rings is 1. The van der Waals surface area contributed by atoms with Gasteiger partial charge in [-0.2, -0.15) is 0 Å². The Labute approximate surface area is 282 Å². The molecule has 49 heavy (non-hydrogen) atoms. The molecule has 0 amide bonds. The van der Waals surface area contributed by atoms with Crippen molar-refractivity contribution in [1.82, 2.24) is 15.0 Å². The molecule has 10 aromatic rings. The summed E-state index contributed by atoms with van der Waals surface area (Å²) in [6.07, 6.45) is 0. The van der Waals surface area contributed by atoms with Crippen molar-refractivity contribution in [2.75, 3.05) is 0 Å². The monoisotopic (exact) mass is 625 g/mol. The van der Waals surface area contributed by atoms with Crippen molar-refractivity contribution in [3.63, 3.8) is 0 Å². The van der Waals surface area contributed by atoms with Crippen LogP contribution in [0.25, 0.3) is 99.5 Å². The smallest absolute Gasteiger partial charge is 0.164 e. The van der Waals surface area contributed by atoms with Gasteiger partial charge in [0, 0.05) is 27.5 Å². The van der Waals surface area contributed by atoms with E-state index in [0.717, 1.165) is 55.0 Å². The topological polar surface area (TPSA) is 51.8 Å². The zero-order valence-corrected chi connectivity index (χ0v) is 26.3. The Morgan fingerprint density at radius 1 is 0.327 bits per heavy atom. The van der Waals surface area contributed by atoms with Gasteiger partial charge in [0.1, 0.15) is 11.2 Å². The molecule has 0 bridgehead atoms. The Morgan fingerprint density at radius 2 is 0.878 bits per heavy atom. The first-order chi connectivity index (χ1) is 24.3. The van der Waals surface area contributed by atoms with Gasteiger partial charge in [-0.25, -0.2) is 15.0 Å². The lowest BCUT2D eigenvalue weighted by atomic mass is 9.96. The third kappa shape index (κ3) is 4.57. The summed E-state index contributed by atoms with van der Waals surface area (Å²) in [4.78, 5) is 15.2. The molecule has 4 heteroatoms. The van der Waals surface area contributed by atoms with Gasteiger partial charge in [-0.3, -0.25) is 0 Å². The number of fused-ring (bicyclic) bond motifs is 8. The van der Waals surface area contributed by atoms with Crippen molar-refractivity contribution in [3.05, 3.63) is 164 Å². The summed E-state index contributed by atoms with van der Waals surface area (Å²) >= 11 is 0. The van der Waals surface area contributed by atoms with Crippen LogP contribution in [0.2, 0.25) is 0 Å². The van der Waals surface area contributed by atoms with E-state index in [1.54, 1.807) is 0 Å². The number of hydrogen-bond acceptors (Lipinski definition) is 4. The molecule has 0 aliphatic heterocycles. The second kappa shape index (κ2) is 11.0. The maximum atomic E-state index is 6.57. The van der Waals surface area contributed by atoms with Crippen molar-refractivity contribution >= 4 is 54.3 Å². The van der Waals surface area contributed by atoms with Crippen LogP contribution in [-0.4, -0.2) is 15.0 Å². The fourth-order valence-corrected chi connectivity index (χ4v) is 7.11. The van der Waals surface area contributed by atoms with E-state index in [4.69, 9.17) is 19.4 Å². The largest absolute Gasteiger partial charge is 0.456 e. The molecular weight excluding hydrogens is 599 g/mol. The van der Waals surface area contributed by atoms with Crippen molar-refractivity contribution < 1.29 is 4.42 Å². The zero-order valence-electron chi connectivity index (χ0n) is 26.3. The van der Waals surface area contributed by atoms with Gasteiger partial charge < -0.3 is 4.42 Å². The predicted octanol–water partition coefficient (Wildman–Crippen LogP) is 11.9. The number of rotatable bonds is 4. The van der Waals surface area contributed by atoms with Crippen LogP contribution in [0.3, 0.4) is 0 Å². The highest BCUT2D eigenvalue weighted by Gasteiger charge is 2.20. The van der Waals surface area contributed by atoms with E-state index in [1.807, 2.05) is 30.3 Å². The highest BCUT2D eigenvalue weighted by molar-refractivity contribution is 6.28. The minimum absolute atomic E-state index is 0.603. The molecule has 10 rings (SSSR count). The van der Waals surface area contributed by atoms with Gasteiger partial charge in [0.15, 0.2) is 17.5 Å². The molecule has 0 radical (unpaired) electrons. The number of hydrogen-bond donors (Lipinski definition) is 0. The molecule has 8 aromatic carbocycles. The summed E-state index contributed by atoms with van der Waals surface area (Å²) in [7, 11) is 0. The van der Waals surface area contributed by atoms with Gasteiger partial charge in [0.25, 0.3) is 0 Å². The minimum atomic E-state index is 0.603. The van der Waals surface area contributed by atoms with E-state index in [1.165, 1.54) is 27.1 Å². The fraction of sp³-hybridized carbons (Fsp3) is 0. The van der Waals surface area contributed by atoms with Gasteiger partial charge in [-0.15, -0.1) is 0 Å². The molecule has 0 N–H and O–H groups in total. The van der Waals surface area contributed by atoms with E-state index < -0.39 is 0 Å². The minimum Gasteiger partial charge on any atom is -0.456 e. The Bertz CT molecular complexity index is 2870. The van der Waals surface area contributed by atoms with Crippen LogP contribution in [0.15, 0.2) is 168 Å². The summed E-state index contributed by atoms with van der Waals surface area (Å²) in [5.41, 5.74) is 6.74. The van der Waals surface area contributed by atoms with Crippen molar-refractivity contribution in [2.24, 2.45) is 0 Å². The van der Waals surface area contributed by atoms with Crippen LogP contribution < -0.4 is 0 Å². The Balaban J connectivity index is 1.17. The van der Waals surface area contributed by atoms with Crippen molar-refractivity contribution in [2.45, 2.75) is 0 Å². The van der Waals surface area contributed by atoms with Crippen LogP contribution in [-0.2, 0) is 0 Å². The van der Waals surface area contributed by atoms with Crippen LogP contribution in [0.5, 0.6) is 0 Å². The van der Waals surface area contributed by atoms with Gasteiger partial charge in [-0.1, -0.05) is 146 Å². The molecule has 0 aliphatic rings. The van der Waals surface area contributed by atoms with E-state index in [0.29, 0.717) is 17.5 Å². The Morgan fingerprint density at radius 3 is 1.67 bits per heavy atom. The number of nitrogens with zero attached hydrogens (tertiary/aromatic N) is 3. The summed E-state index contributed by atoms with van der Waals surface area (Å²) in [6, 6.07) is 56.9. The highest BCUT2D eigenvalue weighted by Crippen LogP contribution is 2.42. The van der Waals surface area contributed by atoms with E-state index in [9.17, 15) is 0 Å². The van der Waals surface area contributed by atoms with Crippen LogP contribution in [0, 0.1) is 0 Å². The summed E-state index contributed by atoms with van der Waals surface area (Å²) in [5.74, 6) is 1.85. The molecule has 0 fully saturated rings. The normalized spacial score (nSPS) is 11.7. The first-order valence-corrected chi connectivity index (χ1v) is 16.4. The molecule has 0 aliphatic carbocycles. The number of benzene rings is 8. The van der Waals surface area contributed by atoms with Crippen LogP contribution in [0.4, 0.5) is 0 Å². The lowest BCUT2D eigenvalue weighted by Crippen LogP contribution is -2.00. The van der Waals surface area contributed by atoms with Gasteiger partial charge in [0.2, 0.25) is 0 Å². The Hall–Kier alpha value is -6.65. The predicted molar refractivity (Wildman–Crippen MR) is 201 cm³/mol. The molecule has 0 spiro atoms. The molecule has 0 saturated carbocycles. The van der Waals surface area contributed by atoms with Crippen LogP contribution >= 0.6 is 0 Å². The summed E-state index contributed by atoms with van der Waals surface area (Å²) in [5, 5.41) is 9.22. The lowest BCUT2D eigenvalue weighted by molar-refractivity contribution is 0.669. The third-order valence-corrected chi connectivity index (χ3v) is 9.50. The second-order valence-electron chi connectivity index (χ2n) is 12.4. The molecule has 2 heterocycles. The SMILES string of the molecule is c1ccc(-c2nc(-c3ccc(-c4ccc5ccccc5c4)cc3)nc(-c3cc4oc5ccc6ccccc6c5c4c4ccccc34)n2)cc1. The fourth-order valence-electron chi connectivity index (χ4n) is 7.11. The van der Waals surface area contributed by atoms with E-state index in [-0.39, 0.29) is 0 Å². The summed E-state index contributed by atoms with van der Waals surface area (Å²) in [6.45, 7) is 0. The molecule has 4 nitrogen and oxygen atoms in total.